The predicted octanol–water partition coefficient (Wildman–Crippen LogP) is 4.03. The van der Waals surface area contributed by atoms with Crippen LogP contribution in [0.4, 0.5) is 15.8 Å². The topological polar surface area (TPSA) is 38.0 Å². The molecule has 0 heterocycles. The lowest BCUT2D eigenvalue weighted by molar-refractivity contribution is 0.625. The molecule has 0 radical (unpaired) electrons. The molecule has 0 saturated carbocycles. The van der Waals surface area contributed by atoms with Gasteiger partial charge < -0.3 is 11.1 Å². The molecule has 2 rings (SSSR count). The Morgan fingerprint density at radius 2 is 1.95 bits per heavy atom. The zero-order chi connectivity index (χ0) is 13.8. The number of benzene rings is 2. The van der Waals surface area contributed by atoms with Crippen LogP contribution in [0.15, 0.2) is 36.4 Å². The van der Waals surface area contributed by atoms with E-state index in [-0.39, 0.29) is 5.82 Å². The molecule has 0 atom stereocenters. The lowest BCUT2D eigenvalue weighted by Gasteiger charge is -2.14. The fourth-order valence-corrected chi connectivity index (χ4v) is 2.09. The SMILES string of the molecule is Cc1ccc(Cl)cc1Nc1ccc(F)cc1CCN. The van der Waals surface area contributed by atoms with E-state index in [1.807, 2.05) is 25.1 Å². The molecule has 0 fully saturated rings. The summed E-state index contributed by atoms with van der Waals surface area (Å²) in [6.07, 6.45) is 0.625. The van der Waals surface area contributed by atoms with Crippen molar-refractivity contribution in [1.82, 2.24) is 0 Å². The van der Waals surface area contributed by atoms with Gasteiger partial charge in [-0.1, -0.05) is 17.7 Å². The van der Waals surface area contributed by atoms with Crippen LogP contribution in [0.3, 0.4) is 0 Å². The highest BCUT2D eigenvalue weighted by Gasteiger charge is 2.06. The lowest BCUT2D eigenvalue weighted by atomic mass is 10.1. The van der Waals surface area contributed by atoms with Crippen LogP contribution in [-0.2, 0) is 6.42 Å². The van der Waals surface area contributed by atoms with Gasteiger partial charge in [-0.2, -0.15) is 0 Å². The molecule has 19 heavy (non-hydrogen) atoms. The summed E-state index contributed by atoms with van der Waals surface area (Å²) in [5.74, 6) is -0.253. The maximum Gasteiger partial charge on any atom is 0.123 e. The number of nitrogens with one attached hydrogen (secondary N) is 1. The van der Waals surface area contributed by atoms with Crippen LogP contribution in [0.1, 0.15) is 11.1 Å². The van der Waals surface area contributed by atoms with E-state index < -0.39 is 0 Å². The van der Waals surface area contributed by atoms with E-state index in [2.05, 4.69) is 5.32 Å². The first-order valence-corrected chi connectivity index (χ1v) is 6.49. The molecule has 0 bridgehead atoms. The molecule has 100 valence electrons. The lowest BCUT2D eigenvalue weighted by Crippen LogP contribution is -2.06. The Bertz CT molecular complexity index is 584. The number of nitrogens with two attached hydrogens (primary N) is 1. The van der Waals surface area contributed by atoms with Crippen LogP contribution in [0.2, 0.25) is 5.02 Å². The summed E-state index contributed by atoms with van der Waals surface area (Å²) in [5, 5.41) is 3.95. The van der Waals surface area contributed by atoms with Gasteiger partial charge in [0, 0.05) is 16.4 Å². The van der Waals surface area contributed by atoms with Crippen molar-refractivity contribution < 1.29 is 4.39 Å². The van der Waals surface area contributed by atoms with Gasteiger partial charge in [0.25, 0.3) is 0 Å². The Labute approximate surface area is 117 Å². The van der Waals surface area contributed by atoms with Gasteiger partial charge in [-0.25, -0.2) is 4.39 Å². The van der Waals surface area contributed by atoms with Gasteiger partial charge in [0.05, 0.1) is 0 Å². The highest BCUT2D eigenvalue weighted by molar-refractivity contribution is 6.30. The first kappa shape index (κ1) is 13.8. The third kappa shape index (κ3) is 3.46. The molecule has 0 spiro atoms. The number of rotatable bonds is 4. The average Bonchev–Trinajstić information content (AvgIpc) is 2.37. The van der Waals surface area contributed by atoms with Crippen LogP contribution < -0.4 is 11.1 Å². The van der Waals surface area contributed by atoms with Crippen LogP contribution in [0.5, 0.6) is 0 Å². The Morgan fingerprint density at radius 1 is 1.16 bits per heavy atom. The zero-order valence-electron chi connectivity index (χ0n) is 10.7. The van der Waals surface area contributed by atoms with E-state index in [1.54, 1.807) is 6.07 Å². The van der Waals surface area contributed by atoms with Crippen molar-refractivity contribution >= 4 is 23.0 Å². The molecule has 0 aromatic heterocycles. The number of anilines is 2. The molecule has 0 aliphatic heterocycles. The van der Waals surface area contributed by atoms with Gasteiger partial charge in [-0.15, -0.1) is 0 Å². The molecule has 0 saturated heterocycles. The smallest absolute Gasteiger partial charge is 0.123 e. The van der Waals surface area contributed by atoms with Gasteiger partial charge in [0.15, 0.2) is 0 Å². The summed E-state index contributed by atoms with van der Waals surface area (Å²) in [6.45, 7) is 2.47. The molecule has 2 nitrogen and oxygen atoms in total. The second kappa shape index (κ2) is 6.04. The number of hydrogen-bond donors (Lipinski definition) is 2. The second-order valence-electron chi connectivity index (χ2n) is 4.42. The molecule has 2 aromatic carbocycles. The van der Waals surface area contributed by atoms with Gasteiger partial charge >= 0.3 is 0 Å². The highest BCUT2D eigenvalue weighted by atomic mass is 35.5. The first-order valence-electron chi connectivity index (χ1n) is 6.12. The van der Waals surface area contributed by atoms with Crippen molar-refractivity contribution in [1.29, 1.82) is 0 Å². The number of hydrogen-bond acceptors (Lipinski definition) is 2. The number of halogens is 2. The van der Waals surface area contributed by atoms with E-state index in [1.165, 1.54) is 12.1 Å². The largest absolute Gasteiger partial charge is 0.355 e. The fourth-order valence-electron chi connectivity index (χ4n) is 1.92. The molecule has 0 amide bonds. The molecule has 0 unspecified atom stereocenters. The average molecular weight is 279 g/mol. The Kier molecular flexibility index (Phi) is 4.40. The van der Waals surface area contributed by atoms with E-state index in [9.17, 15) is 4.39 Å². The summed E-state index contributed by atoms with van der Waals surface area (Å²) in [4.78, 5) is 0. The third-order valence-electron chi connectivity index (χ3n) is 2.95. The fraction of sp³-hybridized carbons (Fsp3) is 0.200. The molecular formula is C15H16ClFN2. The van der Waals surface area contributed by atoms with Gasteiger partial charge in [0.1, 0.15) is 5.82 Å². The van der Waals surface area contributed by atoms with E-state index in [0.717, 1.165) is 22.5 Å². The van der Waals surface area contributed by atoms with Crippen molar-refractivity contribution in [3.8, 4) is 0 Å². The van der Waals surface area contributed by atoms with E-state index in [0.29, 0.717) is 18.0 Å². The Hall–Kier alpha value is -1.58. The molecule has 0 aliphatic carbocycles. The molecule has 4 heteroatoms. The maximum atomic E-state index is 13.3. The molecular weight excluding hydrogens is 263 g/mol. The Morgan fingerprint density at radius 3 is 2.68 bits per heavy atom. The normalized spacial score (nSPS) is 10.5. The Balaban J connectivity index is 2.34. The van der Waals surface area contributed by atoms with Crippen molar-refractivity contribution in [3.05, 3.63) is 58.4 Å². The summed E-state index contributed by atoms with van der Waals surface area (Å²) in [6, 6.07) is 10.3. The zero-order valence-corrected chi connectivity index (χ0v) is 11.5. The van der Waals surface area contributed by atoms with Crippen LogP contribution in [0.25, 0.3) is 0 Å². The van der Waals surface area contributed by atoms with Crippen molar-refractivity contribution in [3.63, 3.8) is 0 Å². The minimum atomic E-state index is -0.253. The summed E-state index contributed by atoms with van der Waals surface area (Å²) in [7, 11) is 0. The summed E-state index contributed by atoms with van der Waals surface area (Å²) < 4.78 is 13.3. The summed E-state index contributed by atoms with van der Waals surface area (Å²) in [5.41, 5.74) is 9.27. The summed E-state index contributed by atoms with van der Waals surface area (Å²) >= 11 is 5.99. The van der Waals surface area contributed by atoms with Gasteiger partial charge in [-0.05, 0) is 61.3 Å². The van der Waals surface area contributed by atoms with Crippen LogP contribution in [-0.4, -0.2) is 6.54 Å². The van der Waals surface area contributed by atoms with Crippen LogP contribution in [0, 0.1) is 12.7 Å². The van der Waals surface area contributed by atoms with Crippen molar-refractivity contribution in [2.24, 2.45) is 5.73 Å². The monoisotopic (exact) mass is 278 g/mol. The molecule has 2 aromatic rings. The maximum absolute atomic E-state index is 13.3. The van der Waals surface area contributed by atoms with E-state index in [4.69, 9.17) is 17.3 Å². The van der Waals surface area contributed by atoms with Gasteiger partial charge in [0.2, 0.25) is 0 Å². The minimum absolute atomic E-state index is 0.253. The third-order valence-corrected chi connectivity index (χ3v) is 3.19. The quantitative estimate of drug-likeness (QED) is 0.886. The first-order chi connectivity index (χ1) is 9.10. The molecule has 0 aliphatic rings. The predicted molar refractivity (Wildman–Crippen MR) is 78.6 cm³/mol. The van der Waals surface area contributed by atoms with Gasteiger partial charge in [-0.3, -0.25) is 0 Å². The standard InChI is InChI=1S/C15H16ClFN2/c1-10-2-3-12(16)9-15(10)19-14-5-4-13(17)8-11(14)6-7-18/h2-5,8-9,19H,6-7,18H2,1H3. The molecule has 3 N–H and O–H groups in total. The van der Waals surface area contributed by atoms with Crippen molar-refractivity contribution in [2.75, 3.05) is 11.9 Å². The minimum Gasteiger partial charge on any atom is -0.355 e. The number of aryl methyl sites for hydroxylation is 1. The van der Waals surface area contributed by atoms with Crippen molar-refractivity contribution in [2.45, 2.75) is 13.3 Å². The second-order valence-corrected chi connectivity index (χ2v) is 4.86. The van der Waals surface area contributed by atoms with E-state index >= 15 is 0 Å². The van der Waals surface area contributed by atoms with Crippen LogP contribution >= 0.6 is 11.6 Å². The highest BCUT2D eigenvalue weighted by Crippen LogP contribution is 2.26.